The zero-order chi connectivity index (χ0) is 31.0. The van der Waals surface area contributed by atoms with Crippen molar-refractivity contribution in [1.82, 2.24) is 5.43 Å². The Kier molecular flexibility index (Phi) is 10.3. The second-order valence-electron chi connectivity index (χ2n) is 8.81. The van der Waals surface area contributed by atoms with Gasteiger partial charge in [-0.15, -0.1) is 0 Å². The maximum atomic E-state index is 13.5. The molecule has 1 amide bonds. The number of nitro benzene ring substituents is 1. The number of nitrogens with zero attached hydrogens (tertiary/aromatic N) is 3. The monoisotopic (exact) mass is 686 g/mol. The Hall–Kier alpha value is -4.46. The third kappa shape index (κ3) is 7.89. The van der Waals surface area contributed by atoms with Crippen molar-refractivity contribution < 1.29 is 27.6 Å². The van der Waals surface area contributed by atoms with Gasteiger partial charge < -0.3 is 9.47 Å². The first-order valence-corrected chi connectivity index (χ1v) is 15.1. The number of amides is 1. The summed E-state index contributed by atoms with van der Waals surface area (Å²) in [6.45, 7) is -0.512. The molecular weight excluding hydrogens is 664 g/mol. The van der Waals surface area contributed by atoms with Crippen molar-refractivity contribution in [2.24, 2.45) is 5.10 Å². The van der Waals surface area contributed by atoms with Crippen molar-refractivity contribution >= 4 is 61.1 Å². The van der Waals surface area contributed by atoms with Gasteiger partial charge in [0.1, 0.15) is 18.8 Å². The third-order valence-corrected chi connectivity index (χ3v) is 8.53. The van der Waals surface area contributed by atoms with Crippen LogP contribution in [0.3, 0.4) is 0 Å². The Morgan fingerprint density at radius 1 is 1.07 bits per heavy atom. The number of carbonyl (C=O) groups is 1. The SMILES string of the molecule is COc1cc(/C=N\NC(=O)CN(c2ccccc2[N+](=O)[O-])S(=O)(=O)c2ccccc2)cc(Br)c1OCc1ccc(Cl)cc1. The number of methoxy groups -OCH3 is 1. The number of rotatable bonds is 12. The highest BCUT2D eigenvalue weighted by Crippen LogP contribution is 2.37. The van der Waals surface area contributed by atoms with E-state index < -0.39 is 33.1 Å². The quantitative estimate of drug-likeness (QED) is 0.110. The summed E-state index contributed by atoms with van der Waals surface area (Å²) in [5.41, 5.74) is 2.96. The fourth-order valence-electron chi connectivity index (χ4n) is 3.88. The minimum Gasteiger partial charge on any atom is -0.493 e. The van der Waals surface area contributed by atoms with Crippen LogP contribution in [0.5, 0.6) is 11.5 Å². The third-order valence-electron chi connectivity index (χ3n) is 5.92. The standard InChI is InChI=1S/C29H24BrClN4O7S/c1-41-27-16-21(15-24(30)29(27)42-19-20-11-13-22(31)14-12-20)17-32-33-28(36)18-34(25-9-5-6-10-26(25)35(37)38)43(39,40)23-7-3-2-4-8-23/h2-17H,18-19H2,1H3,(H,33,36)/b32-17-. The molecule has 222 valence electrons. The van der Waals surface area contributed by atoms with Crippen LogP contribution in [0.25, 0.3) is 0 Å². The molecule has 0 aliphatic rings. The molecule has 4 rings (SSSR count). The lowest BCUT2D eigenvalue weighted by atomic mass is 10.2. The number of benzene rings is 4. The van der Waals surface area contributed by atoms with Gasteiger partial charge in [-0.3, -0.25) is 14.9 Å². The van der Waals surface area contributed by atoms with Crippen LogP contribution in [0.4, 0.5) is 11.4 Å². The Labute approximate surface area is 261 Å². The van der Waals surface area contributed by atoms with E-state index in [1.165, 1.54) is 55.8 Å². The average molecular weight is 688 g/mol. The summed E-state index contributed by atoms with van der Waals surface area (Å²) in [6, 6.07) is 23.1. The highest BCUT2D eigenvalue weighted by Gasteiger charge is 2.31. The molecule has 0 aliphatic carbocycles. The number of anilines is 1. The summed E-state index contributed by atoms with van der Waals surface area (Å²) in [4.78, 5) is 23.7. The molecule has 0 aliphatic heterocycles. The normalized spacial score (nSPS) is 11.2. The second-order valence-corrected chi connectivity index (χ2v) is 12.0. The number of hydrogen-bond acceptors (Lipinski definition) is 8. The van der Waals surface area contributed by atoms with Crippen LogP contribution in [0.2, 0.25) is 5.02 Å². The lowest BCUT2D eigenvalue weighted by Gasteiger charge is -2.23. The molecule has 0 bridgehead atoms. The zero-order valence-electron chi connectivity index (χ0n) is 22.5. The molecule has 4 aromatic carbocycles. The maximum absolute atomic E-state index is 13.5. The van der Waals surface area contributed by atoms with Gasteiger partial charge in [0, 0.05) is 11.1 Å². The van der Waals surface area contributed by atoms with E-state index in [1.54, 1.807) is 30.3 Å². The maximum Gasteiger partial charge on any atom is 0.293 e. The first kappa shape index (κ1) is 31.5. The van der Waals surface area contributed by atoms with Crippen molar-refractivity contribution in [1.29, 1.82) is 0 Å². The molecule has 0 unspecified atom stereocenters. The van der Waals surface area contributed by atoms with E-state index in [1.807, 2.05) is 12.1 Å². The zero-order valence-corrected chi connectivity index (χ0v) is 25.7. The highest BCUT2D eigenvalue weighted by atomic mass is 79.9. The molecule has 0 aromatic heterocycles. The fourth-order valence-corrected chi connectivity index (χ4v) is 6.04. The molecule has 0 spiro atoms. The van der Waals surface area contributed by atoms with Crippen LogP contribution in [-0.4, -0.2) is 39.1 Å². The molecular formula is C29H24BrClN4O7S. The lowest BCUT2D eigenvalue weighted by molar-refractivity contribution is -0.384. The predicted molar refractivity (Wildman–Crippen MR) is 166 cm³/mol. The lowest BCUT2D eigenvalue weighted by Crippen LogP contribution is -2.39. The van der Waals surface area contributed by atoms with E-state index in [2.05, 4.69) is 26.5 Å². The highest BCUT2D eigenvalue weighted by molar-refractivity contribution is 9.10. The second kappa shape index (κ2) is 14.1. The Morgan fingerprint density at radius 3 is 2.42 bits per heavy atom. The van der Waals surface area contributed by atoms with Crippen LogP contribution in [-0.2, 0) is 21.4 Å². The molecule has 4 aromatic rings. The summed E-state index contributed by atoms with van der Waals surface area (Å²) in [6.07, 6.45) is 1.33. The van der Waals surface area contributed by atoms with Gasteiger partial charge in [0.2, 0.25) is 0 Å². The molecule has 1 N–H and O–H groups in total. The molecule has 14 heteroatoms. The molecule has 0 heterocycles. The van der Waals surface area contributed by atoms with Crippen molar-refractivity contribution in [2.45, 2.75) is 11.5 Å². The number of halogens is 2. The summed E-state index contributed by atoms with van der Waals surface area (Å²) in [7, 11) is -2.88. The average Bonchev–Trinajstić information content (AvgIpc) is 3.00. The summed E-state index contributed by atoms with van der Waals surface area (Å²) in [5.74, 6) is 0.0142. The minimum atomic E-state index is -4.36. The van der Waals surface area contributed by atoms with Gasteiger partial charge in [-0.25, -0.2) is 18.1 Å². The van der Waals surface area contributed by atoms with Crippen LogP contribution < -0.4 is 19.2 Å². The molecule has 0 saturated carbocycles. The van der Waals surface area contributed by atoms with E-state index in [0.29, 0.717) is 30.9 Å². The van der Waals surface area contributed by atoms with E-state index in [4.69, 9.17) is 21.1 Å². The number of ether oxygens (including phenoxy) is 2. The molecule has 0 atom stereocenters. The van der Waals surface area contributed by atoms with Crippen LogP contribution in [0, 0.1) is 10.1 Å². The number of hydrogen-bond donors (Lipinski definition) is 1. The number of para-hydroxylation sites is 2. The van der Waals surface area contributed by atoms with Gasteiger partial charge in [-0.1, -0.05) is 54.1 Å². The number of carbonyl (C=O) groups excluding carboxylic acids is 1. The Bertz CT molecular complexity index is 1750. The molecule has 0 radical (unpaired) electrons. The Morgan fingerprint density at radius 2 is 1.74 bits per heavy atom. The van der Waals surface area contributed by atoms with Crippen LogP contribution in [0.15, 0.2) is 105 Å². The van der Waals surface area contributed by atoms with E-state index >= 15 is 0 Å². The fraction of sp³-hybridized carbons (Fsp3) is 0.103. The first-order valence-electron chi connectivity index (χ1n) is 12.5. The topological polar surface area (TPSA) is 140 Å². The largest absolute Gasteiger partial charge is 0.493 e. The minimum absolute atomic E-state index is 0.139. The number of nitro groups is 1. The first-order chi connectivity index (χ1) is 20.6. The molecule has 43 heavy (non-hydrogen) atoms. The molecule has 0 fully saturated rings. The van der Waals surface area contributed by atoms with Gasteiger partial charge >= 0.3 is 0 Å². The van der Waals surface area contributed by atoms with E-state index in [9.17, 15) is 23.3 Å². The van der Waals surface area contributed by atoms with Gasteiger partial charge in [0.25, 0.3) is 21.6 Å². The number of sulfonamides is 1. The van der Waals surface area contributed by atoms with Crippen molar-refractivity contribution in [2.75, 3.05) is 18.0 Å². The van der Waals surface area contributed by atoms with Crippen molar-refractivity contribution in [3.8, 4) is 11.5 Å². The summed E-state index contributed by atoms with van der Waals surface area (Å²) >= 11 is 9.40. The van der Waals surface area contributed by atoms with Crippen molar-refractivity contribution in [3.63, 3.8) is 0 Å². The van der Waals surface area contributed by atoms with Gasteiger partial charge in [-0.05, 0) is 69.5 Å². The van der Waals surface area contributed by atoms with E-state index in [-0.39, 0.29) is 17.2 Å². The number of nitrogens with one attached hydrogen (secondary N) is 1. The van der Waals surface area contributed by atoms with Crippen molar-refractivity contribution in [3.05, 3.63) is 122 Å². The summed E-state index contributed by atoms with van der Waals surface area (Å²) < 4.78 is 39.6. The number of hydrazone groups is 1. The smallest absolute Gasteiger partial charge is 0.293 e. The van der Waals surface area contributed by atoms with E-state index in [0.717, 1.165) is 11.6 Å². The van der Waals surface area contributed by atoms with Crippen LogP contribution in [0.1, 0.15) is 11.1 Å². The summed E-state index contributed by atoms with van der Waals surface area (Å²) in [5, 5.41) is 16.2. The van der Waals surface area contributed by atoms with Crippen LogP contribution >= 0.6 is 27.5 Å². The predicted octanol–water partition coefficient (Wildman–Crippen LogP) is 5.94. The molecule has 0 saturated heterocycles. The van der Waals surface area contributed by atoms with Gasteiger partial charge in [0.05, 0.1) is 27.6 Å². The van der Waals surface area contributed by atoms with Gasteiger partial charge in [0.15, 0.2) is 11.5 Å². The molecule has 11 nitrogen and oxygen atoms in total. The Balaban J connectivity index is 1.52. The van der Waals surface area contributed by atoms with Gasteiger partial charge in [-0.2, -0.15) is 5.10 Å².